The fourth-order valence-corrected chi connectivity index (χ4v) is 8.29. The highest BCUT2D eigenvalue weighted by Gasteiger charge is 2.73. The summed E-state index contributed by atoms with van der Waals surface area (Å²) in [7, 11) is 0. The zero-order valence-corrected chi connectivity index (χ0v) is 22.4. The van der Waals surface area contributed by atoms with Crippen LogP contribution in [0, 0.1) is 28.6 Å². The summed E-state index contributed by atoms with van der Waals surface area (Å²) < 4.78 is 5.58. The summed E-state index contributed by atoms with van der Waals surface area (Å²) in [5, 5.41) is 60.6. The molecule has 3 fully saturated rings. The largest absolute Gasteiger partial charge is 0.392 e. The van der Waals surface area contributed by atoms with Gasteiger partial charge in [-0.1, -0.05) is 26.3 Å². The first kappa shape index (κ1) is 27.7. The van der Waals surface area contributed by atoms with Gasteiger partial charge in [0.1, 0.15) is 11.7 Å². The van der Waals surface area contributed by atoms with Crippen LogP contribution in [0.15, 0.2) is 11.1 Å². The second kappa shape index (κ2) is 8.58. The van der Waals surface area contributed by atoms with E-state index in [4.69, 9.17) is 4.74 Å². The summed E-state index contributed by atoms with van der Waals surface area (Å²) in [6.07, 6.45) is -3.79. The molecule has 1 amide bonds. The standard InChI is InChI=1S/C27H43NO8/c1-12-16(8-17(30)14(3)28-15(4)29)10-27(35)13(2)22-25(7,18(31)9-19-26(22,34)11-36-19)23(33)21(32)20(12)24(27,5)6/h13-14,16-19,21-22,30-32,34-35H,8-11H2,1-7H3,(H,28,29)/t13?,14?,16-,17?,18?,19?,21?,22?,25+,26?,27?/m0/s1. The van der Waals surface area contributed by atoms with E-state index in [1.165, 1.54) is 6.92 Å². The topological polar surface area (TPSA) is 157 Å². The predicted octanol–water partition coefficient (Wildman–Crippen LogP) is 0.452. The van der Waals surface area contributed by atoms with Crippen LogP contribution in [0.25, 0.3) is 0 Å². The van der Waals surface area contributed by atoms with E-state index < -0.39 is 70.1 Å². The van der Waals surface area contributed by atoms with Gasteiger partial charge in [0.25, 0.3) is 0 Å². The van der Waals surface area contributed by atoms with E-state index in [2.05, 4.69) is 5.32 Å². The molecular weight excluding hydrogens is 466 g/mol. The number of amides is 1. The van der Waals surface area contributed by atoms with Crippen molar-refractivity contribution in [2.24, 2.45) is 28.6 Å². The first-order chi connectivity index (χ1) is 16.4. The highest BCUT2D eigenvalue weighted by Crippen LogP contribution is 2.65. The quantitative estimate of drug-likeness (QED) is 0.298. The average molecular weight is 510 g/mol. The number of aliphatic hydroxyl groups excluding tert-OH is 3. The molecule has 2 saturated carbocycles. The van der Waals surface area contributed by atoms with Crippen molar-refractivity contribution in [1.82, 2.24) is 5.32 Å². The molecule has 9 nitrogen and oxygen atoms in total. The van der Waals surface area contributed by atoms with Gasteiger partial charge in [0.2, 0.25) is 5.91 Å². The molecule has 11 atom stereocenters. The van der Waals surface area contributed by atoms with E-state index in [9.17, 15) is 35.1 Å². The summed E-state index contributed by atoms with van der Waals surface area (Å²) in [6, 6.07) is -0.524. The van der Waals surface area contributed by atoms with E-state index in [1.807, 2.05) is 27.7 Å². The number of carbonyl (C=O) groups is 2. The number of ether oxygens (including phenoxy) is 1. The van der Waals surface area contributed by atoms with Gasteiger partial charge < -0.3 is 35.6 Å². The maximum absolute atomic E-state index is 14.1. The van der Waals surface area contributed by atoms with Crippen LogP contribution in [-0.4, -0.2) is 85.5 Å². The lowest BCUT2D eigenvalue weighted by molar-refractivity contribution is -0.335. The molecule has 1 heterocycles. The van der Waals surface area contributed by atoms with Gasteiger partial charge in [0.05, 0.1) is 42.0 Å². The number of hydrogen-bond acceptors (Lipinski definition) is 8. The normalized spacial score (nSPS) is 47.5. The van der Waals surface area contributed by atoms with Crippen molar-refractivity contribution >= 4 is 11.7 Å². The van der Waals surface area contributed by atoms with E-state index in [-0.39, 0.29) is 37.7 Å². The van der Waals surface area contributed by atoms with Gasteiger partial charge >= 0.3 is 0 Å². The minimum Gasteiger partial charge on any atom is -0.392 e. The van der Waals surface area contributed by atoms with E-state index >= 15 is 0 Å². The minimum atomic E-state index is -1.59. The summed E-state index contributed by atoms with van der Waals surface area (Å²) in [6.45, 7) is 11.9. The Morgan fingerprint density at radius 1 is 1.22 bits per heavy atom. The third-order valence-corrected chi connectivity index (χ3v) is 10.6. The zero-order chi connectivity index (χ0) is 27.2. The number of rotatable bonds is 4. The Kier molecular flexibility index (Phi) is 6.59. The van der Waals surface area contributed by atoms with E-state index in [0.29, 0.717) is 5.57 Å². The highest BCUT2D eigenvalue weighted by atomic mass is 16.6. The molecule has 9 heteroatoms. The number of Topliss-reactive ketones (excluding diaryl/α,β-unsaturated/α-hetero) is 1. The van der Waals surface area contributed by atoms with Crippen molar-refractivity contribution in [3.63, 3.8) is 0 Å². The Labute approximate surface area is 212 Å². The monoisotopic (exact) mass is 509 g/mol. The number of fused-ring (bicyclic) bond motifs is 5. The first-order valence-corrected chi connectivity index (χ1v) is 13.1. The van der Waals surface area contributed by atoms with Crippen LogP contribution >= 0.6 is 0 Å². The van der Waals surface area contributed by atoms with Crippen molar-refractivity contribution in [2.45, 2.75) is 109 Å². The zero-order valence-electron chi connectivity index (χ0n) is 22.4. The van der Waals surface area contributed by atoms with Gasteiger partial charge in [0.15, 0.2) is 5.78 Å². The summed E-state index contributed by atoms with van der Waals surface area (Å²) in [5.74, 6) is -2.72. The Bertz CT molecular complexity index is 979. The van der Waals surface area contributed by atoms with Crippen LogP contribution < -0.4 is 5.32 Å². The Morgan fingerprint density at radius 2 is 1.83 bits per heavy atom. The van der Waals surface area contributed by atoms with Crippen LogP contribution in [-0.2, 0) is 14.3 Å². The SMILES string of the molecule is CC(=O)NC(C)C(O)C[C@H]1CC2(O)C(C)C3C4(O)COC4CC(O)[C@@]3(C)C(=O)C(O)C(=C1C)C2(C)C. The number of ketones is 1. The summed E-state index contributed by atoms with van der Waals surface area (Å²) in [4.78, 5) is 25.6. The van der Waals surface area contributed by atoms with Crippen molar-refractivity contribution in [2.75, 3.05) is 6.61 Å². The molecule has 0 aromatic rings. The lowest BCUT2D eigenvalue weighted by Crippen LogP contribution is -2.78. The van der Waals surface area contributed by atoms with Crippen molar-refractivity contribution in [3.8, 4) is 0 Å². The van der Waals surface area contributed by atoms with E-state index in [1.54, 1.807) is 13.8 Å². The number of carbonyl (C=O) groups excluding carboxylic acids is 2. The molecular formula is C27H43NO8. The molecule has 1 aliphatic heterocycles. The van der Waals surface area contributed by atoms with Gasteiger partial charge in [-0.15, -0.1) is 0 Å². The summed E-state index contributed by atoms with van der Waals surface area (Å²) in [5.41, 5.74) is -4.29. The minimum absolute atomic E-state index is 0.00698. The van der Waals surface area contributed by atoms with Gasteiger partial charge in [0, 0.05) is 24.7 Å². The second-order valence-corrected chi connectivity index (χ2v) is 12.7. The Hall–Kier alpha value is -1.36. The lowest BCUT2D eigenvalue weighted by Gasteiger charge is -2.67. The second-order valence-electron chi connectivity index (χ2n) is 12.7. The first-order valence-electron chi connectivity index (χ1n) is 13.1. The molecule has 0 radical (unpaired) electrons. The molecule has 0 aromatic heterocycles. The van der Waals surface area contributed by atoms with Gasteiger partial charge in [-0.25, -0.2) is 0 Å². The molecule has 204 valence electrons. The van der Waals surface area contributed by atoms with Gasteiger partial charge in [-0.3, -0.25) is 9.59 Å². The molecule has 3 aliphatic carbocycles. The average Bonchev–Trinajstić information content (AvgIpc) is 2.77. The molecule has 1 saturated heterocycles. The predicted molar refractivity (Wildman–Crippen MR) is 131 cm³/mol. The van der Waals surface area contributed by atoms with Gasteiger partial charge in [-0.2, -0.15) is 0 Å². The van der Waals surface area contributed by atoms with Crippen LogP contribution in [0.5, 0.6) is 0 Å². The molecule has 9 unspecified atom stereocenters. The van der Waals surface area contributed by atoms with Crippen LogP contribution in [0.3, 0.4) is 0 Å². The maximum Gasteiger partial charge on any atom is 0.217 e. The van der Waals surface area contributed by atoms with Crippen molar-refractivity contribution in [3.05, 3.63) is 11.1 Å². The number of hydrogen-bond donors (Lipinski definition) is 6. The Morgan fingerprint density at radius 3 is 2.36 bits per heavy atom. The molecule has 0 spiro atoms. The fraction of sp³-hybridized carbons (Fsp3) is 0.852. The van der Waals surface area contributed by atoms with E-state index in [0.717, 1.165) is 5.57 Å². The maximum atomic E-state index is 14.1. The molecule has 6 N–H and O–H groups in total. The van der Waals surface area contributed by atoms with Crippen molar-refractivity contribution in [1.29, 1.82) is 0 Å². The third-order valence-electron chi connectivity index (χ3n) is 10.6. The highest BCUT2D eigenvalue weighted by molar-refractivity contribution is 5.93. The smallest absolute Gasteiger partial charge is 0.217 e. The molecule has 0 aromatic carbocycles. The number of aliphatic hydroxyl groups is 5. The molecule has 4 aliphatic rings. The number of allylic oxidation sites excluding steroid dienone is 1. The fourth-order valence-electron chi connectivity index (χ4n) is 8.29. The van der Waals surface area contributed by atoms with Crippen molar-refractivity contribution < 1.29 is 39.9 Å². The Balaban J connectivity index is 1.86. The summed E-state index contributed by atoms with van der Waals surface area (Å²) >= 11 is 0. The van der Waals surface area contributed by atoms with Crippen LogP contribution in [0.2, 0.25) is 0 Å². The van der Waals surface area contributed by atoms with Crippen LogP contribution in [0.1, 0.15) is 67.7 Å². The number of nitrogens with one attached hydrogen (secondary N) is 1. The lowest BCUT2D eigenvalue weighted by atomic mass is 9.42. The van der Waals surface area contributed by atoms with Gasteiger partial charge in [-0.05, 0) is 51.0 Å². The van der Waals surface area contributed by atoms with Crippen LogP contribution in [0.4, 0.5) is 0 Å². The molecule has 2 bridgehead atoms. The third kappa shape index (κ3) is 3.50. The molecule has 4 rings (SSSR count). The molecule has 36 heavy (non-hydrogen) atoms.